The molecule has 0 fully saturated rings. The number of benzene rings is 3. The van der Waals surface area contributed by atoms with Crippen LogP contribution in [0.1, 0.15) is 10.6 Å². The first-order valence-electron chi connectivity index (χ1n) is 9.39. The number of nitrogens with one attached hydrogen (secondary N) is 1. The Hall–Kier alpha value is -3.12. The number of thiazole rings is 1. The van der Waals surface area contributed by atoms with Gasteiger partial charge in [0.15, 0.2) is 10.9 Å². The van der Waals surface area contributed by atoms with E-state index in [2.05, 4.69) is 28.5 Å². The van der Waals surface area contributed by atoms with Crippen LogP contribution in [0.15, 0.2) is 82.6 Å². The number of aromatic nitrogens is 1. The second kappa shape index (κ2) is 8.19. The van der Waals surface area contributed by atoms with Gasteiger partial charge in [-0.1, -0.05) is 65.7 Å². The summed E-state index contributed by atoms with van der Waals surface area (Å²) in [5.74, 6) is 0.278. The summed E-state index contributed by atoms with van der Waals surface area (Å²) in [6.07, 6.45) is 0. The van der Waals surface area contributed by atoms with Gasteiger partial charge >= 0.3 is 0 Å². The summed E-state index contributed by atoms with van der Waals surface area (Å²) in [5.41, 5.74) is 2.50. The number of halogens is 2. The van der Waals surface area contributed by atoms with Crippen LogP contribution in [0.25, 0.3) is 33.4 Å². The van der Waals surface area contributed by atoms with Crippen LogP contribution in [0, 0.1) is 0 Å². The number of nitrogens with zero attached hydrogens (tertiary/aromatic N) is 1. The van der Waals surface area contributed by atoms with E-state index < -0.39 is 0 Å². The first kappa shape index (κ1) is 19.8. The van der Waals surface area contributed by atoms with Crippen molar-refractivity contribution in [2.24, 2.45) is 0 Å². The van der Waals surface area contributed by atoms with Gasteiger partial charge < -0.3 is 4.42 Å². The molecule has 5 aromatic rings. The summed E-state index contributed by atoms with van der Waals surface area (Å²) in [4.78, 5) is 17.3. The molecular weight excluding hydrogens is 451 g/mol. The van der Waals surface area contributed by atoms with Gasteiger partial charge in [0.05, 0.1) is 10.7 Å². The average Bonchev–Trinajstić information content (AvgIpc) is 3.43. The summed E-state index contributed by atoms with van der Waals surface area (Å²) in [7, 11) is 0. The van der Waals surface area contributed by atoms with Gasteiger partial charge in [0.1, 0.15) is 5.76 Å². The quantitative estimate of drug-likeness (QED) is 0.295. The Morgan fingerprint density at radius 3 is 2.65 bits per heavy atom. The largest absolute Gasteiger partial charge is 0.451 e. The van der Waals surface area contributed by atoms with Crippen molar-refractivity contribution < 1.29 is 9.21 Å². The number of amides is 1. The van der Waals surface area contributed by atoms with Gasteiger partial charge in [-0.3, -0.25) is 10.1 Å². The Bertz CT molecular complexity index is 1420. The Morgan fingerprint density at radius 1 is 0.935 bits per heavy atom. The molecule has 0 aliphatic carbocycles. The van der Waals surface area contributed by atoms with Gasteiger partial charge in [-0.25, -0.2) is 4.98 Å². The summed E-state index contributed by atoms with van der Waals surface area (Å²) in [6, 6.07) is 22.6. The Balaban J connectivity index is 1.37. The molecule has 0 spiro atoms. The van der Waals surface area contributed by atoms with Gasteiger partial charge in [0.25, 0.3) is 5.91 Å². The molecule has 0 saturated heterocycles. The van der Waals surface area contributed by atoms with Crippen molar-refractivity contribution in [1.29, 1.82) is 0 Å². The highest BCUT2D eigenvalue weighted by atomic mass is 35.5. The van der Waals surface area contributed by atoms with Crippen LogP contribution in [0.5, 0.6) is 0 Å². The number of hydrogen-bond donors (Lipinski definition) is 1. The van der Waals surface area contributed by atoms with E-state index in [0.29, 0.717) is 26.5 Å². The fourth-order valence-electron chi connectivity index (χ4n) is 3.36. The lowest BCUT2D eigenvalue weighted by Gasteiger charge is -2.03. The molecule has 0 saturated carbocycles. The predicted molar refractivity (Wildman–Crippen MR) is 127 cm³/mol. The molecule has 0 radical (unpaired) electrons. The zero-order valence-electron chi connectivity index (χ0n) is 15.9. The summed E-state index contributed by atoms with van der Waals surface area (Å²) < 4.78 is 5.71. The molecule has 1 amide bonds. The number of furan rings is 1. The number of rotatable bonds is 4. The second-order valence-corrected chi connectivity index (χ2v) is 8.51. The van der Waals surface area contributed by atoms with Gasteiger partial charge in [-0.05, 0) is 41.1 Å². The van der Waals surface area contributed by atoms with E-state index in [1.807, 2.05) is 29.6 Å². The minimum Gasteiger partial charge on any atom is -0.451 e. The molecule has 4 nitrogen and oxygen atoms in total. The van der Waals surface area contributed by atoms with Crippen molar-refractivity contribution in [2.75, 3.05) is 5.32 Å². The lowest BCUT2D eigenvalue weighted by Crippen LogP contribution is -2.10. The third-order valence-corrected chi connectivity index (χ3v) is 6.12. The van der Waals surface area contributed by atoms with Crippen molar-refractivity contribution >= 4 is 56.3 Å². The van der Waals surface area contributed by atoms with E-state index in [1.54, 1.807) is 30.3 Å². The first-order valence-corrected chi connectivity index (χ1v) is 11.0. The number of hydrogen-bond acceptors (Lipinski definition) is 4. The Morgan fingerprint density at radius 2 is 1.77 bits per heavy atom. The Labute approximate surface area is 192 Å². The molecular formula is C24H14Cl2N2O2S. The number of anilines is 1. The highest BCUT2D eigenvalue weighted by molar-refractivity contribution is 7.14. The zero-order chi connectivity index (χ0) is 21.4. The van der Waals surface area contributed by atoms with Gasteiger partial charge in [0, 0.05) is 21.5 Å². The minimum absolute atomic E-state index is 0.169. The van der Waals surface area contributed by atoms with Crippen LogP contribution < -0.4 is 5.32 Å². The van der Waals surface area contributed by atoms with E-state index in [-0.39, 0.29) is 11.7 Å². The van der Waals surface area contributed by atoms with Crippen molar-refractivity contribution in [1.82, 2.24) is 4.98 Å². The van der Waals surface area contributed by atoms with Crippen molar-refractivity contribution in [2.45, 2.75) is 0 Å². The Kier molecular flexibility index (Phi) is 5.24. The molecule has 2 heterocycles. The second-order valence-electron chi connectivity index (χ2n) is 6.81. The van der Waals surface area contributed by atoms with Crippen molar-refractivity contribution in [3.63, 3.8) is 0 Å². The molecule has 0 aliphatic heterocycles. The SMILES string of the molecule is O=C(Nc1nc(-c2cccc3ccccc23)cs1)c1ccc(-c2ccc(Cl)cc2Cl)o1. The molecule has 1 N–H and O–H groups in total. The van der Waals surface area contributed by atoms with Crippen LogP contribution in [0.4, 0.5) is 5.13 Å². The normalized spacial score (nSPS) is 11.0. The van der Waals surface area contributed by atoms with E-state index in [0.717, 1.165) is 22.0 Å². The topological polar surface area (TPSA) is 55.1 Å². The molecule has 0 unspecified atom stereocenters. The summed E-state index contributed by atoms with van der Waals surface area (Å²) in [5, 5.41) is 8.47. The molecule has 5 rings (SSSR count). The molecule has 0 atom stereocenters. The molecule has 152 valence electrons. The van der Waals surface area contributed by atoms with E-state index >= 15 is 0 Å². The van der Waals surface area contributed by atoms with Gasteiger partial charge in [0.2, 0.25) is 0 Å². The van der Waals surface area contributed by atoms with E-state index in [1.165, 1.54) is 11.3 Å². The van der Waals surface area contributed by atoms with Crippen LogP contribution in [-0.2, 0) is 0 Å². The maximum Gasteiger partial charge on any atom is 0.293 e. The molecule has 0 aliphatic rings. The fourth-order valence-corrected chi connectivity index (χ4v) is 4.56. The van der Waals surface area contributed by atoms with E-state index in [4.69, 9.17) is 27.6 Å². The molecule has 31 heavy (non-hydrogen) atoms. The lowest BCUT2D eigenvalue weighted by atomic mass is 10.0. The molecule has 3 aromatic carbocycles. The van der Waals surface area contributed by atoms with Gasteiger partial charge in [-0.2, -0.15) is 0 Å². The van der Waals surface area contributed by atoms with Gasteiger partial charge in [-0.15, -0.1) is 11.3 Å². The number of carbonyl (C=O) groups excluding carboxylic acids is 1. The van der Waals surface area contributed by atoms with Crippen molar-refractivity contribution in [3.8, 4) is 22.6 Å². The van der Waals surface area contributed by atoms with Crippen molar-refractivity contribution in [3.05, 3.63) is 94.0 Å². The molecule has 2 aromatic heterocycles. The maximum atomic E-state index is 12.7. The van der Waals surface area contributed by atoms with Crippen LogP contribution in [-0.4, -0.2) is 10.9 Å². The smallest absolute Gasteiger partial charge is 0.293 e. The average molecular weight is 465 g/mol. The predicted octanol–water partition coefficient (Wildman–Crippen LogP) is 7.78. The number of fused-ring (bicyclic) bond motifs is 1. The van der Waals surface area contributed by atoms with Crippen LogP contribution in [0.2, 0.25) is 10.0 Å². The first-order chi connectivity index (χ1) is 15.1. The maximum absolute atomic E-state index is 12.7. The third kappa shape index (κ3) is 3.95. The zero-order valence-corrected chi connectivity index (χ0v) is 18.3. The molecule has 7 heteroatoms. The van der Waals surface area contributed by atoms with Crippen LogP contribution in [0.3, 0.4) is 0 Å². The minimum atomic E-state index is -0.379. The highest BCUT2D eigenvalue weighted by Crippen LogP contribution is 2.33. The fraction of sp³-hybridized carbons (Fsp3) is 0. The highest BCUT2D eigenvalue weighted by Gasteiger charge is 2.16. The van der Waals surface area contributed by atoms with E-state index in [9.17, 15) is 4.79 Å². The summed E-state index contributed by atoms with van der Waals surface area (Å²) in [6.45, 7) is 0. The third-order valence-electron chi connectivity index (χ3n) is 4.82. The molecule has 0 bridgehead atoms. The standard InChI is InChI=1S/C24H14Cl2N2O2S/c25-15-8-9-18(19(26)12-15)21-10-11-22(30-21)23(29)28-24-27-20(13-31-24)17-7-3-5-14-4-1-2-6-16(14)17/h1-13H,(H,27,28,29). The lowest BCUT2D eigenvalue weighted by molar-refractivity contribution is 0.0997. The number of carbonyl (C=O) groups is 1. The van der Waals surface area contributed by atoms with Crippen LogP contribution >= 0.6 is 34.5 Å². The summed E-state index contributed by atoms with van der Waals surface area (Å²) >= 11 is 13.5. The monoisotopic (exact) mass is 464 g/mol.